The van der Waals surface area contributed by atoms with Gasteiger partial charge in [0.15, 0.2) is 23.1 Å². The number of piperidine rings is 1. The van der Waals surface area contributed by atoms with E-state index in [0.29, 0.717) is 120 Å². The van der Waals surface area contributed by atoms with Gasteiger partial charge in [-0.15, -0.1) is 0 Å². The smallest absolute Gasteiger partial charge is 0.320 e. The maximum absolute atomic E-state index is 14.8. The lowest BCUT2D eigenvalue weighted by molar-refractivity contribution is -0.144. The summed E-state index contributed by atoms with van der Waals surface area (Å²) in [6, 6.07) is 17.2. The van der Waals surface area contributed by atoms with Gasteiger partial charge in [0.25, 0.3) is 5.91 Å². The Balaban J connectivity index is 1.15. The van der Waals surface area contributed by atoms with Gasteiger partial charge in [0.2, 0.25) is 5.75 Å². The predicted octanol–water partition coefficient (Wildman–Crippen LogP) is 5.05. The normalized spacial score (nSPS) is 20.0. The van der Waals surface area contributed by atoms with Gasteiger partial charge in [-0.1, -0.05) is 36.4 Å². The first-order valence-electron chi connectivity index (χ1n) is 19.3. The van der Waals surface area contributed by atoms with Crippen LogP contribution >= 0.6 is 0 Å². The predicted molar refractivity (Wildman–Crippen MR) is 206 cm³/mol. The lowest BCUT2D eigenvalue weighted by Gasteiger charge is -2.45. The Labute approximate surface area is 327 Å². The molecule has 12 nitrogen and oxygen atoms in total. The van der Waals surface area contributed by atoms with Gasteiger partial charge in [0.1, 0.15) is 0 Å². The molecule has 3 aliphatic heterocycles. The highest BCUT2D eigenvalue weighted by Crippen LogP contribution is 2.42. The number of piperazine rings is 1. The third-order valence-electron chi connectivity index (χ3n) is 11.7. The number of benzene rings is 3. The molecular weight excluding hydrogens is 724 g/mol. The summed E-state index contributed by atoms with van der Waals surface area (Å²) < 4.78 is 50.5. The summed E-state index contributed by atoms with van der Waals surface area (Å²) >= 11 is 0. The molecule has 0 aromatic heterocycles. The lowest BCUT2D eigenvalue weighted by Crippen LogP contribution is -2.59. The molecule has 56 heavy (non-hydrogen) atoms. The van der Waals surface area contributed by atoms with Gasteiger partial charge >= 0.3 is 12.0 Å². The maximum atomic E-state index is 14.8. The second kappa shape index (κ2) is 17.9. The Kier molecular flexibility index (Phi) is 13.0. The van der Waals surface area contributed by atoms with Gasteiger partial charge in [0.05, 0.1) is 40.0 Å². The molecule has 3 saturated heterocycles. The first kappa shape index (κ1) is 40.7. The number of carbonyl (C=O) groups is 3. The molecule has 302 valence electrons. The van der Waals surface area contributed by atoms with Gasteiger partial charge in [0, 0.05) is 63.3 Å². The Morgan fingerprint density at radius 2 is 1.41 bits per heavy atom. The van der Waals surface area contributed by atoms with E-state index < -0.39 is 22.6 Å². The van der Waals surface area contributed by atoms with Crippen molar-refractivity contribution >= 4 is 17.9 Å². The van der Waals surface area contributed by atoms with Crippen LogP contribution in [0.1, 0.15) is 54.1 Å². The minimum Gasteiger partial charge on any atom is -0.493 e. The van der Waals surface area contributed by atoms with Crippen molar-refractivity contribution in [1.82, 2.24) is 24.9 Å². The number of urea groups is 1. The number of carbonyl (C=O) groups excluding carboxylic acids is 3. The first-order valence-corrected chi connectivity index (χ1v) is 19.3. The number of esters is 1. The summed E-state index contributed by atoms with van der Waals surface area (Å²) in [5.74, 6) is -1.21. The van der Waals surface area contributed by atoms with Crippen LogP contribution in [0.2, 0.25) is 0 Å². The second-order valence-corrected chi connectivity index (χ2v) is 14.8. The molecule has 3 aromatic carbocycles. The maximum Gasteiger partial charge on any atom is 0.320 e. The van der Waals surface area contributed by atoms with Crippen LogP contribution in [0.15, 0.2) is 60.7 Å². The summed E-state index contributed by atoms with van der Waals surface area (Å²) in [4.78, 5) is 47.7. The van der Waals surface area contributed by atoms with Gasteiger partial charge in [-0.2, -0.15) is 0 Å². The van der Waals surface area contributed by atoms with E-state index in [2.05, 4.69) is 22.3 Å². The monoisotopic (exact) mass is 777 g/mol. The van der Waals surface area contributed by atoms with E-state index in [4.69, 9.17) is 18.9 Å². The minimum atomic E-state index is -0.918. The number of halogens is 2. The van der Waals surface area contributed by atoms with E-state index in [1.807, 2.05) is 28.0 Å². The molecule has 0 radical (unpaired) electrons. The van der Waals surface area contributed by atoms with Gasteiger partial charge < -0.3 is 39.0 Å². The van der Waals surface area contributed by atoms with Gasteiger partial charge in [-0.3, -0.25) is 14.5 Å². The van der Waals surface area contributed by atoms with Crippen molar-refractivity contribution in [2.24, 2.45) is 0 Å². The number of hydrogen-bond donors (Lipinski definition) is 1. The van der Waals surface area contributed by atoms with Crippen molar-refractivity contribution in [3.05, 3.63) is 89.0 Å². The fourth-order valence-electron chi connectivity index (χ4n) is 8.40. The molecule has 1 atom stereocenters. The van der Waals surface area contributed by atoms with E-state index in [1.54, 1.807) is 30.0 Å². The van der Waals surface area contributed by atoms with E-state index in [-0.39, 0.29) is 24.5 Å². The highest BCUT2D eigenvalue weighted by Gasteiger charge is 2.44. The summed E-state index contributed by atoms with van der Waals surface area (Å²) in [6.45, 7) is 7.33. The Hall–Kier alpha value is -4.95. The zero-order valence-corrected chi connectivity index (χ0v) is 32.8. The summed E-state index contributed by atoms with van der Waals surface area (Å²) in [5.41, 5.74) is 0.869. The van der Waals surface area contributed by atoms with Crippen molar-refractivity contribution in [3.63, 3.8) is 0 Å². The summed E-state index contributed by atoms with van der Waals surface area (Å²) in [7, 11) is 4.48. The Bertz CT molecular complexity index is 1830. The van der Waals surface area contributed by atoms with Crippen molar-refractivity contribution in [3.8, 4) is 17.2 Å². The van der Waals surface area contributed by atoms with E-state index >= 15 is 0 Å². The fraction of sp³-hybridized carbons (Fsp3) is 0.500. The number of methoxy groups -OCH3 is 3. The van der Waals surface area contributed by atoms with Crippen LogP contribution in [-0.2, 0) is 20.5 Å². The zero-order chi connectivity index (χ0) is 39.9. The molecular formula is C42H53F2N5O7. The molecule has 1 unspecified atom stereocenters. The zero-order valence-electron chi connectivity index (χ0n) is 32.8. The molecule has 3 aliphatic rings. The van der Waals surface area contributed by atoms with Gasteiger partial charge in [-0.05, 0) is 74.5 Å². The fourth-order valence-corrected chi connectivity index (χ4v) is 8.40. The largest absolute Gasteiger partial charge is 0.493 e. The van der Waals surface area contributed by atoms with Crippen LogP contribution < -0.4 is 19.5 Å². The average Bonchev–Trinajstić information content (AvgIpc) is 3.67. The van der Waals surface area contributed by atoms with Crippen LogP contribution in [0.4, 0.5) is 13.6 Å². The molecule has 3 heterocycles. The van der Waals surface area contributed by atoms with Crippen molar-refractivity contribution in [1.29, 1.82) is 0 Å². The van der Waals surface area contributed by atoms with Crippen LogP contribution in [0.25, 0.3) is 0 Å². The van der Waals surface area contributed by atoms with Crippen LogP contribution in [0, 0.1) is 11.6 Å². The molecule has 0 bridgehead atoms. The third-order valence-corrected chi connectivity index (χ3v) is 11.7. The van der Waals surface area contributed by atoms with Crippen molar-refractivity contribution in [2.45, 2.75) is 43.6 Å². The molecule has 6 rings (SSSR count). The number of ether oxygens (including phenoxy) is 4. The lowest BCUT2D eigenvalue weighted by atomic mass is 9.76. The highest BCUT2D eigenvalue weighted by molar-refractivity contribution is 5.96. The number of nitrogens with zero attached hydrogens (tertiary/aromatic N) is 4. The molecule has 0 aliphatic carbocycles. The number of amides is 3. The SMILES string of the molecule is CCOC(=O)CN1CCN(C(=O)NC2(c3ccccc3)CCN(CCC3(c4ccc(F)c(F)c4)CCN(C(=O)c4cc(OC)c(OC)c(OC)c4)C3)CC2)CC1. The quantitative estimate of drug-likeness (QED) is 0.239. The minimum absolute atomic E-state index is 0.127. The summed E-state index contributed by atoms with van der Waals surface area (Å²) in [6.07, 6.45) is 2.53. The molecule has 0 saturated carbocycles. The van der Waals surface area contributed by atoms with E-state index in [9.17, 15) is 23.2 Å². The van der Waals surface area contributed by atoms with Crippen molar-refractivity contribution < 1.29 is 42.1 Å². The number of hydrogen-bond acceptors (Lipinski definition) is 9. The molecule has 3 amide bonds. The molecule has 3 aromatic rings. The van der Waals surface area contributed by atoms with Crippen molar-refractivity contribution in [2.75, 3.05) is 93.4 Å². The Morgan fingerprint density at radius 3 is 2.02 bits per heavy atom. The van der Waals surface area contributed by atoms with E-state index in [0.717, 1.165) is 11.6 Å². The molecule has 0 spiro atoms. The van der Waals surface area contributed by atoms with Crippen LogP contribution in [0.5, 0.6) is 17.2 Å². The first-order chi connectivity index (χ1) is 27.0. The number of likely N-dealkylation sites (tertiary alicyclic amines) is 2. The topological polar surface area (TPSA) is 113 Å². The Morgan fingerprint density at radius 1 is 0.732 bits per heavy atom. The van der Waals surface area contributed by atoms with Crippen LogP contribution in [-0.4, -0.2) is 131 Å². The third kappa shape index (κ3) is 8.86. The molecule has 3 fully saturated rings. The van der Waals surface area contributed by atoms with Crippen LogP contribution in [0.3, 0.4) is 0 Å². The van der Waals surface area contributed by atoms with E-state index in [1.165, 1.54) is 27.4 Å². The number of nitrogens with one attached hydrogen (secondary N) is 1. The molecule has 1 N–H and O–H groups in total. The van der Waals surface area contributed by atoms with Gasteiger partial charge in [-0.25, -0.2) is 13.6 Å². The summed E-state index contributed by atoms with van der Waals surface area (Å²) in [5, 5.41) is 3.42. The molecule has 14 heteroatoms. The second-order valence-electron chi connectivity index (χ2n) is 14.8. The average molecular weight is 778 g/mol. The number of rotatable bonds is 13. The highest BCUT2D eigenvalue weighted by atomic mass is 19.2. The standard InChI is InChI=1S/C42H53F2N5O7/c1-5-56-37(50)28-47-21-23-48(24-22-47)40(52)45-42(31-9-7-6-8-10-31)15-18-46(19-16-42)17-13-41(32-11-12-33(43)34(44)27-32)14-20-49(29-41)39(51)30-25-35(53-2)38(55-4)36(26-30)54-3/h6-12,25-27H,5,13-24,28-29H2,1-4H3,(H,45,52).